The normalized spacial score (nSPS) is 10.7. The first-order valence-electron chi connectivity index (χ1n) is 5.79. The van der Waals surface area contributed by atoms with Crippen LogP contribution in [-0.4, -0.2) is 4.98 Å². The molecule has 16 heavy (non-hydrogen) atoms. The largest absolute Gasteiger partial charge is 0.241 e. The molecule has 0 unspecified atom stereocenters. The monoisotopic (exact) mass is 231 g/mol. The Morgan fingerprint density at radius 2 is 1.75 bits per heavy atom. The van der Waals surface area contributed by atoms with E-state index in [0.29, 0.717) is 0 Å². The van der Waals surface area contributed by atoms with Crippen LogP contribution < -0.4 is 0 Å². The summed E-state index contributed by atoms with van der Waals surface area (Å²) in [6, 6.07) is 6.58. The van der Waals surface area contributed by atoms with Gasteiger partial charge in [0, 0.05) is 16.6 Å². The number of aromatic nitrogens is 1. The van der Waals surface area contributed by atoms with Gasteiger partial charge in [0.25, 0.3) is 0 Å². The molecule has 0 N–H and O–H groups in total. The number of hydrogen-bond acceptors (Lipinski definition) is 2. The van der Waals surface area contributed by atoms with Crippen molar-refractivity contribution in [2.24, 2.45) is 0 Å². The maximum absolute atomic E-state index is 4.62. The summed E-state index contributed by atoms with van der Waals surface area (Å²) < 4.78 is 0. The molecule has 0 amide bonds. The standard InChI is InChI=1S/C14H17NS/c1-4-11-7-6-8-12(5-2)13(11)14-15-10(3)9-16-14/h6-9H,4-5H2,1-3H3. The van der Waals surface area contributed by atoms with Crippen LogP contribution in [0.4, 0.5) is 0 Å². The third kappa shape index (κ3) is 2.03. The van der Waals surface area contributed by atoms with Gasteiger partial charge in [0.2, 0.25) is 0 Å². The molecule has 1 aromatic carbocycles. The van der Waals surface area contributed by atoms with Gasteiger partial charge >= 0.3 is 0 Å². The van der Waals surface area contributed by atoms with Gasteiger partial charge in [-0.25, -0.2) is 4.98 Å². The molecule has 84 valence electrons. The molecule has 0 fully saturated rings. The number of aryl methyl sites for hydroxylation is 3. The van der Waals surface area contributed by atoms with Crippen LogP contribution in [0.1, 0.15) is 30.7 Å². The first-order valence-corrected chi connectivity index (χ1v) is 6.67. The van der Waals surface area contributed by atoms with Gasteiger partial charge in [0.1, 0.15) is 5.01 Å². The van der Waals surface area contributed by atoms with Crippen molar-refractivity contribution in [3.8, 4) is 10.6 Å². The molecular formula is C14H17NS. The van der Waals surface area contributed by atoms with Crippen LogP contribution in [-0.2, 0) is 12.8 Å². The Morgan fingerprint density at radius 3 is 2.19 bits per heavy atom. The van der Waals surface area contributed by atoms with Crippen LogP contribution in [0.3, 0.4) is 0 Å². The van der Waals surface area contributed by atoms with Crippen molar-refractivity contribution in [3.63, 3.8) is 0 Å². The molecule has 2 rings (SSSR count). The Hall–Kier alpha value is -1.15. The van der Waals surface area contributed by atoms with Gasteiger partial charge in [-0.1, -0.05) is 32.0 Å². The Balaban J connectivity index is 2.60. The van der Waals surface area contributed by atoms with E-state index in [1.165, 1.54) is 21.7 Å². The van der Waals surface area contributed by atoms with Gasteiger partial charge in [0.05, 0.1) is 0 Å². The van der Waals surface area contributed by atoms with Crippen molar-refractivity contribution < 1.29 is 0 Å². The maximum Gasteiger partial charge on any atom is 0.124 e. The molecule has 1 heterocycles. The quantitative estimate of drug-likeness (QED) is 0.769. The average molecular weight is 231 g/mol. The third-order valence-electron chi connectivity index (χ3n) is 2.83. The summed E-state index contributed by atoms with van der Waals surface area (Å²) in [5.41, 5.74) is 5.31. The van der Waals surface area contributed by atoms with Gasteiger partial charge in [0.15, 0.2) is 0 Å². The summed E-state index contributed by atoms with van der Waals surface area (Å²) in [4.78, 5) is 4.62. The minimum atomic E-state index is 1.07. The zero-order chi connectivity index (χ0) is 11.5. The average Bonchev–Trinajstić information content (AvgIpc) is 2.74. The highest BCUT2D eigenvalue weighted by atomic mass is 32.1. The topological polar surface area (TPSA) is 12.9 Å². The second-order valence-corrected chi connectivity index (χ2v) is 4.81. The molecule has 1 aromatic heterocycles. The van der Waals surface area contributed by atoms with Crippen LogP contribution in [0.25, 0.3) is 10.6 Å². The number of hydrogen-bond donors (Lipinski definition) is 0. The number of thiazole rings is 1. The van der Waals surface area contributed by atoms with Crippen LogP contribution in [0.5, 0.6) is 0 Å². The van der Waals surface area contributed by atoms with Gasteiger partial charge < -0.3 is 0 Å². The van der Waals surface area contributed by atoms with Crippen molar-refractivity contribution in [1.29, 1.82) is 0 Å². The molecule has 0 aliphatic heterocycles. The van der Waals surface area contributed by atoms with E-state index in [4.69, 9.17) is 0 Å². The van der Waals surface area contributed by atoms with Crippen molar-refractivity contribution in [1.82, 2.24) is 4.98 Å². The highest BCUT2D eigenvalue weighted by molar-refractivity contribution is 7.13. The molecule has 0 aliphatic carbocycles. The van der Waals surface area contributed by atoms with Gasteiger partial charge in [-0.15, -0.1) is 11.3 Å². The first-order chi connectivity index (χ1) is 7.76. The zero-order valence-electron chi connectivity index (χ0n) is 10.1. The third-order valence-corrected chi connectivity index (χ3v) is 3.81. The molecule has 0 aliphatic rings. The van der Waals surface area contributed by atoms with Crippen LogP contribution in [0, 0.1) is 6.92 Å². The molecule has 0 radical (unpaired) electrons. The Labute approximate surface area is 101 Å². The minimum Gasteiger partial charge on any atom is -0.241 e. The Morgan fingerprint density at radius 1 is 1.12 bits per heavy atom. The number of rotatable bonds is 3. The summed E-state index contributed by atoms with van der Waals surface area (Å²) in [6.45, 7) is 6.47. The molecule has 1 nitrogen and oxygen atoms in total. The number of benzene rings is 1. The molecule has 0 atom stereocenters. The highest BCUT2D eigenvalue weighted by Crippen LogP contribution is 2.31. The minimum absolute atomic E-state index is 1.07. The first kappa shape index (κ1) is 11.3. The predicted octanol–water partition coefficient (Wildman–Crippen LogP) is 4.24. The maximum atomic E-state index is 4.62. The lowest BCUT2D eigenvalue weighted by Gasteiger charge is -2.10. The molecule has 2 heteroatoms. The van der Waals surface area contributed by atoms with E-state index in [1.807, 2.05) is 0 Å². The summed E-state index contributed by atoms with van der Waals surface area (Å²) in [7, 11) is 0. The van der Waals surface area contributed by atoms with E-state index in [2.05, 4.69) is 49.3 Å². The molecule has 0 saturated carbocycles. The molecule has 2 aromatic rings. The fraction of sp³-hybridized carbons (Fsp3) is 0.357. The molecule has 0 saturated heterocycles. The lowest BCUT2D eigenvalue weighted by atomic mass is 9.98. The van der Waals surface area contributed by atoms with Crippen LogP contribution >= 0.6 is 11.3 Å². The summed E-state index contributed by atoms with van der Waals surface area (Å²) in [5.74, 6) is 0. The highest BCUT2D eigenvalue weighted by Gasteiger charge is 2.11. The van der Waals surface area contributed by atoms with Gasteiger partial charge in [-0.05, 0) is 30.9 Å². The second-order valence-electron chi connectivity index (χ2n) is 3.95. The lowest BCUT2D eigenvalue weighted by molar-refractivity contribution is 1.09. The number of nitrogens with zero attached hydrogens (tertiary/aromatic N) is 1. The van der Waals surface area contributed by atoms with Crippen molar-refractivity contribution in [3.05, 3.63) is 40.4 Å². The summed E-state index contributed by atoms with van der Waals surface area (Å²) in [6.07, 6.45) is 2.14. The van der Waals surface area contributed by atoms with Gasteiger partial charge in [-0.2, -0.15) is 0 Å². The van der Waals surface area contributed by atoms with Crippen molar-refractivity contribution in [2.75, 3.05) is 0 Å². The van der Waals surface area contributed by atoms with E-state index in [1.54, 1.807) is 11.3 Å². The van der Waals surface area contributed by atoms with E-state index in [-0.39, 0.29) is 0 Å². The summed E-state index contributed by atoms with van der Waals surface area (Å²) in [5, 5.41) is 3.30. The molecule has 0 spiro atoms. The second kappa shape index (κ2) is 4.79. The van der Waals surface area contributed by atoms with Crippen LogP contribution in [0.2, 0.25) is 0 Å². The fourth-order valence-electron chi connectivity index (χ4n) is 1.99. The molecule has 0 bridgehead atoms. The summed E-state index contributed by atoms with van der Waals surface area (Å²) >= 11 is 1.75. The molecular weight excluding hydrogens is 214 g/mol. The van der Waals surface area contributed by atoms with E-state index in [0.717, 1.165) is 18.5 Å². The lowest BCUT2D eigenvalue weighted by Crippen LogP contribution is -1.93. The van der Waals surface area contributed by atoms with E-state index < -0.39 is 0 Å². The van der Waals surface area contributed by atoms with Crippen molar-refractivity contribution in [2.45, 2.75) is 33.6 Å². The Bertz CT molecular complexity index is 463. The fourth-order valence-corrected chi connectivity index (χ4v) is 2.90. The van der Waals surface area contributed by atoms with Gasteiger partial charge in [-0.3, -0.25) is 0 Å². The Kier molecular flexibility index (Phi) is 3.39. The van der Waals surface area contributed by atoms with E-state index in [9.17, 15) is 0 Å². The SMILES string of the molecule is CCc1cccc(CC)c1-c1nc(C)cs1. The zero-order valence-corrected chi connectivity index (χ0v) is 10.9. The smallest absolute Gasteiger partial charge is 0.124 e. The van der Waals surface area contributed by atoms with E-state index >= 15 is 0 Å². The van der Waals surface area contributed by atoms with Crippen molar-refractivity contribution >= 4 is 11.3 Å². The van der Waals surface area contributed by atoms with Crippen LogP contribution in [0.15, 0.2) is 23.6 Å². The predicted molar refractivity (Wildman–Crippen MR) is 71.0 cm³/mol.